The largest absolute Gasteiger partial charge is 0.306 e. The van der Waals surface area contributed by atoms with Crippen LogP contribution >= 0.6 is 12.6 Å². The molecule has 0 radical (unpaired) electrons. The number of thiol groups is 1. The van der Waals surface area contributed by atoms with Crippen LogP contribution in [-0.4, -0.2) is 30.8 Å². The molecule has 0 aliphatic rings. The van der Waals surface area contributed by atoms with Gasteiger partial charge in [-0.3, -0.25) is 0 Å². The summed E-state index contributed by atoms with van der Waals surface area (Å²) in [6, 6.07) is 0. The topological polar surface area (TPSA) is 3.24 Å². The molecule has 0 heterocycles. The molecular weight excluding hydrogens is 154 g/mol. The summed E-state index contributed by atoms with van der Waals surface area (Å²) in [5.41, 5.74) is 0. The van der Waals surface area contributed by atoms with Crippen LogP contribution in [0.25, 0.3) is 0 Å². The standard InChI is InChI=1S/C9H21NS/c1-9(2)5-4-6-10(3)7-8-11/h9,11H,4-8H2,1-3H3. The zero-order valence-electron chi connectivity index (χ0n) is 8.01. The Morgan fingerprint density at radius 2 is 1.91 bits per heavy atom. The Labute approximate surface area is 76.6 Å². The van der Waals surface area contributed by atoms with E-state index in [4.69, 9.17) is 0 Å². The Kier molecular flexibility index (Phi) is 7.18. The second-order valence-corrected chi connectivity index (χ2v) is 4.01. The molecule has 0 aromatic carbocycles. The van der Waals surface area contributed by atoms with E-state index in [2.05, 4.69) is 38.4 Å². The first kappa shape index (κ1) is 11.3. The Balaban J connectivity index is 3.10. The first-order chi connectivity index (χ1) is 5.16. The van der Waals surface area contributed by atoms with Gasteiger partial charge in [0.2, 0.25) is 0 Å². The van der Waals surface area contributed by atoms with Crippen molar-refractivity contribution in [1.82, 2.24) is 4.90 Å². The van der Waals surface area contributed by atoms with E-state index in [1.807, 2.05) is 0 Å². The van der Waals surface area contributed by atoms with Gasteiger partial charge in [-0.1, -0.05) is 13.8 Å². The molecule has 11 heavy (non-hydrogen) atoms. The van der Waals surface area contributed by atoms with Gasteiger partial charge in [0, 0.05) is 12.3 Å². The van der Waals surface area contributed by atoms with E-state index in [0.29, 0.717) is 0 Å². The van der Waals surface area contributed by atoms with Crippen molar-refractivity contribution in [3.05, 3.63) is 0 Å². The van der Waals surface area contributed by atoms with Crippen LogP contribution in [0.3, 0.4) is 0 Å². The molecule has 0 amide bonds. The van der Waals surface area contributed by atoms with Crippen LogP contribution in [0.1, 0.15) is 26.7 Å². The Morgan fingerprint density at radius 1 is 1.27 bits per heavy atom. The summed E-state index contributed by atoms with van der Waals surface area (Å²) in [5.74, 6) is 1.82. The Hall–Kier alpha value is 0.310. The second-order valence-electron chi connectivity index (χ2n) is 3.56. The van der Waals surface area contributed by atoms with Crippen LogP contribution in [0.5, 0.6) is 0 Å². The fourth-order valence-electron chi connectivity index (χ4n) is 1.05. The minimum atomic E-state index is 0.847. The molecule has 2 heteroatoms. The highest BCUT2D eigenvalue weighted by molar-refractivity contribution is 7.80. The zero-order valence-corrected chi connectivity index (χ0v) is 8.90. The maximum absolute atomic E-state index is 4.18. The molecule has 0 aliphatic heterocycles. The van der Waals surface area contributed by atoms with Crippen molar-refractivity contribution in [3.63, 3.8) is 0 Å². The summed E-state index contributed by atoms with van der Waals surface area (Å²) in [7, 11) is 2.16. The summed E-state index contributed by atoms with van der Waals surface area (Å²) >= 11 is 4.18. The van der Waals surface area contributed by atoms with Crippen molar-refractivity contribution >= 4 is 12.6 Å². The lowest BCUT2D eigenvalue weighted by molar-refractivity contribution is 0.336. The van der Waals surface area contributed by atoms with Gasteiger partial charge >= 0.3 is 0 Å². The molecule has 0 aromatic heterocycles. The quantitative estimate of drug-likeness (QED) is 0.606. The van der Waals surface area contributed by atoms with Crippen LogP contribution in [0.2, 0.25) is 0 Å². The Bertz CT molecular complexity index is 83.6. The highest BCUT2D eigenvalue weighted by Crippen LogP contribution is 2.03. The van der Waals surface area contributed by atoms with Gasteiger partial charge in [0.15, 0.2) is 0 Å². The predicted molar refractivity (Wildman–Crippen MR) is 55.4 cm³/mol. The van der Waals surface area contributed by atoms with Gasteiger partial charge in [0.25, 0.3) is 0 Å². The third kappa shape index (κ3) is 8.21. The van der Waals surface area contributed by atoms with Crippen molar-refractivity contribution in [2.75, 3.05) is 25.9 Å². The number of nitrogens with zero attached hydrogens (tertiary/aromatic N) is 1. The number of hydrogen-bond acceptors (Lipinski definition) is 2. The van der Waals surface area contributed by atoms with E-state index in [1.54, 1.807) is 0 Å². The lowest BCUT2D eigenvalue weighted by Crippen LogP contribution is -2.22. The van der Waals surface area contributed by atoms with Crippen molar-refractivity contribution in [3.8, 4) is 0 Å². The molecule has 0 aromatic rings. The average molecular weight is 175 g/mol. The molecule has 0 unspecified atom stereocenters. The molecule has 0 saturated carbocycles. The van der Waals surface area contributed by atoms with Gasteiger partial charge in [-0.15, -0.1) is 0 Å². The first-order valence-corrected chi connectivity index (χ1v) is 5.09. The van der Waals surface area contributed by atoms with E-state index in [9.17, 15) is 0 Å². The van der Waals surface area contributed by atoms with Gasteiger partial charge in [-0.05, 0) is 32.4 Å². The van der Waals surface area contributed by atoms with Crippen molar-refractivity contribution in [2.24, 2.45) is 5.92 Å². The fraction of sp³-hybridized carbons (Fsp3) is 1.00. The lowest BCUT2D eigenvalue weighted by Gasteiger charge is -2.15. The maximum atomic E-state index is 4.18. The highest BCUT2D eigenvalue weighted by atomic mass is 32.1. The summed E-state index contributed by atoms with van der Waals surface area (Å²) in [6.07, 6.45) is 2.67. The van der Waals surface area contributed by atoms with Gasteiger partial charge < -0.3 is 4.90 Å². The van der Waals surface area contributed by atoms with E-state index in [-0.39, 0.29) is 0 Å². The maximum Gasteiger partial charge on any atom is 0.00668 e. The van der Waals surface area contributed by atoms with E-state index in [0.717, 1.165) is 18.2 Å². The molecule has 0 N–H and O–H groups in total. The highest BCUT2D eigenvalue weighted by Gasteiger charge is 1.97. The molecule has 1 nitrogen and oxygen atoms in total. The number of hydrogen-bond donors (Lipinski definition) is 1. The third-order valence-corrected chi connectivity index (χ3v) is 2.00. The molecule has 0 spiro atoms. The number of rotatable bonds is 6. The minimum absolute atomic E-state index is 0.847. The summed E-state index contributed by atoms with van der Waals surface area (Å²) in [5, 5.41) is 0. The predicted octanol–water partition coefficient (Wildman–Crippen LogP) is 2.28. The van der Waals surface area contributed by atoms with Crippen LogP contribution < -0.4 is 0 Å². The average Bonchev–Trinajstić information content (AvgIpc) is 1.87. The molecule has 0 bridgehead atoms. The fourth-order valence-corrected chi connectivity index (χ4v) is 1.39. The summed E-state index contributed by atoms with van der Waals surface area (Å²) < 4.78 is 0. The zero-order chi connectivity index (χ0) is 8.69. The van der Waals surface area contributed by atoms with Crippen LogP contribution in [-0.2, 0) is 0 Å². The lowest BCUT2D eigenvalue weighted by atomic mass is 10.1. The van der Waals surface area contributed by atoms with Gasteiger partial charge in [0.1, 0.15) is 0 Å². The molecule has 0 atom stereocenters. The van der Waals surface area contributed by atoms with E-state index in [1.165, 1.54) is 19.4 Å². The van der Waals surface area contributed by atoms with Crippen LogP contribution in [0, 0.1) is 5.92 Å². The smallest absolute Gasteiger partial charge is 0.00668 e. The van der Waals surface area contributed by atoms with Gasteiger partial charge in [-0.25, -0.2) is 0 Å². The van der Waals surface area contributed by atoms with Crippen molar-refractivity contribution in [1.29, 1.82) is 0 Å². The summed E-state index contributed by atoms with van der Waals surface area (Å²) in [4.78, 5) is 2.34. The molecule has 0 saturated heterocycles. The molecule has 0 aliphatic carbocycles. The van der Waals surface area contributed by atoms with Gasteiger partial charge in [-0.2, -0.15) is 12.6 Å². The molecule has 0 rings (SSSR count). The van der Waals surface area contributed by atoms with E-state index >= 15 is 0 Å². The molecule has 68 valence electrons. The summed E-state index contributed by atoms with van der Waals surface area (Å²) in [6.45, 7) is 6.89. The Morgan fingerprint density at radius 3 is 2.36 bits per heavy atom. The third-order valence-electron chi connectivity index (χ3n) is 1.80. The van der Waals surface area contributed by atoms with Crippen molar-refractivity contribution < 1.29 is 0 Å². The SMILES string of the molecule is CC(C)CCCN(C)CCS. The van der Waals surface area contributed by atoms with E-state index < -0.39 is 0 Å². The first-order valence-electron chi connectivity index (χ1n) is 4.46. The minimum Gasteiger partial charge on any atom is -0.306 e. The van der Waals surface area contributed by atoms with Crippen LogP contribution in [0.4, 0.5) is 0 Å². The second kappa shape index (κ2) is 6.99. The van der Waals surface area contributed by atoms with Gasteiger partial charge in [0.05, 0.1) is 0 Å². The molecule has 0 fully saturated rings. The van der Waals surface area contributed by atoms with Crippen LogP contribution in [0.15, 0.2) is 0 Å². The monoisotopic (exact) mass is 175 g/mol. The van der Waals surface area contributed by atoms with Crippen molar-refractivity contribution in [2.45, 2.75) is 26.7 Å². The normalized spacial score (nSPS) is 11.5. The molecular formula is C9H21NS.